The number of hydrogen-bond acceptors (Lipinski definition) is 4. The van der Waals surface area contributed by atoms with Crippen LogP contribution < -0.4 is 16.0 Å². The van der Waals surface area contributed by atoms with Gasteiger partial charge in [0.15, 0.2) is 0 Å². The molecule has 1 aromatic rings. The van der Waals surface area contributed by atoms with E-state index >= 15 is 0 Å². The van der Waals surface area contributed by atoms with Crippen molar-refractivity contribution in [1.82, 2.24) is 15.5 Å². The Hall–Kier alpha value is -1.64. The SMILES string of the molecule is Cc1ccc(NC(=O)NCC(=O)NCCN2CCOCC2)cc1Br. The van der Waals surface area contributed by atoms with Gasteiger partial charge in [0.25, 0.3) is 0 Å². The molecule has 0 aromatic heterocycles. The van der Waals surface area contributed by atoms with Gasteiger partial charge >= 0.3 is 6.03 Å². The van der Waals surface area contributed by atoms with Crippen LogP contribution in [-0.2, 0) is 9.53 Å². The molecule has 3 amide bonds. The molecule has 1 saturated heterocycles. The molecule has 0 saturated carbocycles. The molecule has 0 bridgehead atoms. The average Bonchev–Trinajstić information content (AvgIpc) is 2.57. The first-order valence-electron chi connectivity index (χ1n) is 7.92. The summed E-state index contributed by atoms with van der Waals surface area (Å²) < 4.78 is 6.19. The molecule has 2 rings (SSSR count). The fourth-order valence-corrected chi connectivity index (χ4v) is 2.63. The van der Waals surface area contributed by atoms with E-state index in [0.717, 1.165) is 42.9 Å². The molecule has 3 N–H and O–H groups in total. The van der Waals surface area contributed by atoms with Crippen LogP contribution >= 0.6 is 15.9 Å². The van der Waals surface area contributed by atoms with Crippen LogP contribution in [0.25, 0.3) is 0 Å². The first-order chi connectivity index (χ1) is 11.5. The highest BCUT2D eigenvalue weighted by molar-refractivity contribution is 9.10. The number of aryl methyl sites for hydroxylation is 1. The minimum atomic E-state index is -0.408. The summed E-state index contributed by atoms with van der Waals surface area (Å²) in [5.74, 6) is -0.205. The predicted molar refractivity (Wildman–Crippen MR) is 96.2 cm³/mol. The molecule has 1 aromatic carbocycles. The largest absolute Gasteiger partial charge is 0.379 e. The molecule has 1 aliphatic heterocycles. The number of rotatable bonds is 6. The highest BCUT2D eigenvalue weighted by atomic mass is 79.9. The van der Waals surface area contributed by atoms with Gasteiger partial charge in [-0.25, -0.2) is 4.79 Å². The maximum Gasteiger partial charge on any atom is 0.319 e. The molecule has 1 fully saturated rings. The number of hydrogen-bond donors (Lipinski definition) is 3. The van der Waals surface area contributed by atoms with Crippen molar-refractivity contribution in [1.29, 1.82) is 0 Å². The topological polar surface area (TPSA) is 82.7 Å². The van der Waals surface area contributed by atoms with Crippen molar-refractivity contribution in [3.05, 3.63) is 28.2 Å². The third kappa shape index (κ3) is 6.46. The van der Waals surface area contributed by atoms with Gasteiger partial charge in [-0.3, -0.25) is 9.69 Å². The molecule has 1 heterocycles. The number of ether oxygens (including phenoxy) is 1. The third-order valence-corrected chi connectivity index (χ3v) is 4.55. The van der Waals surface area contributed by atoms with Gasteiger partial charge in [0.1, 0.15) is 0 Å². The van der Waals surface area contributed by atoms with Gasteiger partial charge in [-0.15, -0.1) is 0 Å². The van der Waals surface area contributed by atoms with Gasteiger partial charge < -0.3 is 20.7 Å². The zero-order valence-corrected chi connectivity index (χ0v) is 15.3. The van der Waals surface area contributed by atoms with Crippen molar-refractivity contribution >= 4 is 33.6 Å². The highest BCUT2D eigenvalue weighted by Crippen LogP contribution is 2.20. The number of morpholine rings is 1. The van der Waals surface area contributed by atoms with E-state index in [-0.39, 0.29) is 12.5 Å². The van der Waals surface area contributed by atoms with Gasteiger partial charge in [-0.1, -0.05) is 22.0 Å². The number of carbonyl (C=O) groups is 2. The van der Waals surface area contributed by atoms with Gasteiger partial charge in [-0.2, -0.15) is 0 Å². The Morgan fingerprint density at radius 3 is 2.71 bits per heavy atom. The van der Waals surface area contributed by atoms with Crippen LogP contribution in [-0.4, -0.2) is 62.8 Å². The van der Waals surface area contributed by atoms with E-state index in [2.05, 4.69) is 36.8 Å². The fourth-order valence-electron chi connectivity index (χ4n) is 2.25. The molecule has 8 heteroatoms. The molecule has 0 spiro atoms. The smallest absolute Gasteiger partial charge is 0.319 e. The third-order valence-electron chi connectivity index (χ3n) is 3.69. The Bertz CT molecular complexity index is 576. The number of urea groups is 1. The van der Waals surface area contributed by atoms with Gasteiger partial charge in [0.05, 0.1) is 19.8 Å². The second kappa shape index (κ2) is 9.61. The summed E-state index contributed by atoms with van der Waals surface area (Å²) in [6.45, 7) is 6.53. The minimum Gasteiger partial charge on any atom is -0.379 e. The zero-order valence-electron chi connectivity index (χ0n) is 13.7. The summed E-state index contributed by atoms with van der Waals surface area (Å²) in [7, 11) is 0. The van der Waals surface area contributed by atoms with Crippen LogP contribution in [0.15, 0.2) is 22.7 Å². The van der Waals surface area contributed by atoms with E-state index in [9.17, 15) is 9.59 Å². The second-order valence-corrected chi connectivity index (χ2v) is 6.43. The summed E-state index contributed by atoms with van der Waals surface area (Å²) in [5, 5.41) is 8.03. The summed E-state index contributed by atoms with van der Waals surface area (Å²) in [6.07, 6.45) is 0. The number of amides is 3. The number of anilines is 1. The van der Waals surface area contributed by atoms with Crippen LogP contribution in [0.1, 0.15) is 5.56 Å². The lowest BCUT2D eigenvalue weighted by molar-refractivity contribution is -0.120. The summed E-state index contributed by atoms with van der Waals surface area (Å²) in [6, 6.07) is 5.12. The molecule has 0 radical (unpaired) electrons. The monoisotopic (exact) mass is 398 g/mol. The first kappa shape index (κ1) is 18.7. The Kier molecular flexibility index (Phi) is 7.48. The Morgan fingerprint density at radius 1 is 1.25 bits per heavy atom. The van der Waals surface area contributed by atoms with E-state index in [1.54, 1.807) is 0 Å². The molecule has 0 aliphatic carbocycles. The molecule has 132 valence electrons. The van der Waals surface area contributed by atoms with Crippen LogP contribution in [0, 0.1) is 6.92 Å². The number of carbonyl (C=O) groups excluding carboxylic acids is 2. The molecular weight excluding hydrogens is 376 g/mol. The number of benzene rings is 1. The summed E-state index contributed by atoms with van der Waals surface area (Å²) in [4.78, 5) is 25.8. The molecule has 0 atom stereocenters. The van der Waals surface area contributed by atoms with Gasteiger partial charge in [0, 0.05) is 36.3 Å². The quantitative estimate of drug-likeness (QED) is 0.674. The molecular formula is C16H23BrN4O3. The van der Waals surface area contributed by atoms with Crippen molar-refractivity contribution in [3.8, 4) is 0 Å². The van der Waals surface area contributed by atoms with Crippen molar-refractivity contribution in [3.63, 3.8) is 0 Å². The van der Waals surface area contributed by atoms with E-state index in [4.69, 9.17) is 4.74 Å². The van der Waals surface area contributed by atoms with Gasteiger partial charge in [0.2, 0.25) is 5.91 Å². The first-order valence-corrected chi connectivity index (χ1v) is 8.71. The summed E-state index contributed by atoms with van der Waals surface area (Å²) in [5.41, 5.74) is 1.75. The van der Waals surface area contributed by atoms with Crippen molar-refractivity contribution < 1.29 is 14.3 Å². The maximum absolute atomic E-state index is 11.8. The van der Waals surface area contributed by atoms with E-state index in [1.807, 2.05) is 25.1 Å². The van der Waals surface area contributed by atoms with Crippen LogP contribution in [0.2, 0.25) is 0 Å². The predicted octanol–water partition coefficient (Wildman–Crippen LogP) is 1.33. The second-order valence-electron chi connectivity index (χ2n) is 5.58. The van der Waals surface area contributed by atoms with Crippen molar-refractivity contribution in [2.24, 2.45) is 0 Å². The lowest BCUT2D eigenvalue weighted by Gasteiger charge is -2.26. The lowest BCUT2D eigenvalue weighted by Crippen LogP contribution is -2.44. The normalized spacial score (nSPS) is 14.9. The number of nitrogens with zero attached hydrogens (tertiary/aromatic N) is 1. The van der Waals surface area contributed by atoms with E-state index < -0.39 is 6.03 Å². The minimum absolute atomic E-state index is 0.0536. The molecule has 24 heavy (non-hydrogen) atoms. The zero-order chi connectivity index (χ0) is 17.4. The van der Waals surface area contributed by atoms with Gasteiger partial charge in [-0.05, 0) is 24.6 Å². The van der Waals surface area contributed by atoms with Crippen molar-refractivity contribution in [2.75, 3.05) is 51.3 Å². The Morgan fingerprint density at radius 2 is 2.00 bits per heavy atom. The van der Waals surface area contributed by atoms with E-state index in [0.29, 0.717) is 12.2 Å². The van der Waals surface area contributed by atoms with Crippen LogP contribution in [0.5, 0.6) is 0 Å². The molecule has 0 unspecified atom stereocenters. The van der Waals surface area contributed by atoms with Crippen molar-refractivity contribution in [2.45, 2.75) is 6.92 Å². The highest BCUT2D eigenvalue weighted by Gasteiger charge is 2.10. The number of nitrogens with one attached hydrogen (secondary N) is 3. The maximum atomic E-state index is 11.8. The fraction of sp³-hybridized carbons (Fsp3) is 0.500. The Labute approximate surface area is 150 Å². The summed E-state index contributed by atoms with van der Waals surface area (Å²) >= 11 is 3.41. The molecule has 1 aliphatic rings. The van der Waals surface area contributed by atoms with Crippen LogP contribution in [0.3, 0.4) is 0 Å². The average molecular weight is 399 g/mol. The number of halogens is 1. The van der Waals surface area contributed by atoms with Crippen LogP contribution in [0.4, 0.5) is 10.5 Å². The lowest BCUT2D eigenvalue weighted by atomic mass is 10.2. The van der Waals surface area contributed by atoms with E-state index in [1.165, 1.54) is 0 Å². The molecule has 7 nitrogen and oxygen atoms in total. The Balaban J connectivity index is 1.61. The standard InChI is InChI=1S/C16H23BrN4O3/c1-12-2-3-13(10-14(12)17)20-16(23)19-11-15(22)18-4-5-21-6-8-24-9-7-21/h2-3,10H,4-9,11H2,1H3,(H,18,22)(H2,19,20,23).